The molecule has 1 N–H and O–H groups in total. The van der Waals surface area contributed by atoms with Crippen molar-refractivity contribution in [1.29, 1.82) is 0 Å². The van der Waals surface area contributed by atoms with Gasteiger partial charge in [-0.25, -0.2) is 0 Å². The maximum absolute atomic E-state index is 5.51. The fourth-order valence-corrected chi connectivity index (χ4v) is 3.54. The Kier molecular flexibility index (Phi) is 4.45. The van der Waals surface area contributed by atoms with Gasteiger partial charge in [-0.3, -0.25) is 0 Å². The summed E-state index contributed by atoms with van der Waals surface area (Å²) < 4.78 is 0. The van der Waals surface area contributed by atoms with E-state index in [4.69, 9.17) is 12.2 Å². The Morgan fingerprint density at radius 3 is 2.69 bits per heavy atom. The van der Waals surface area contributed by atoms with E-state index in [0.29, 0.717) is 0 Å². The Morgan fingerprint density at radius 1 is 1.25 bits per heavy atom. The third kappa shape index (κ3) is 2.68. The summed E-state index contributed by atoms with van der Waals surface area (Å²) >= 11 is 5.51. The molecule has 1 atom stereocenters. The molecule has 2 rings (SSSR count). The van der Waals surface area contributed by atoms with Crippen molar-refractivity contribution in [3.8, 4) is 0 Å². The molecule has 2 nitrogen and oxygen atoms in total. The summed E-state index contributed by atoms with van der Waals surface area (Å²) in [6.45, 7) is 4.39. The molecule has 0 spiro atoms. The Bertz CT molecular complexity index is 236. The summed E-state index contributed by atoms with van der Waals surface area (Å²) in [5.41, 5.74) is 0. The van der Waals surface area contributed by atoms with E-state index in [2.05, 4.69) is 17.1 Å². The van der Waals surface area contributed by atoms with Gasteiger partial charge in [0.25, 0.3) is 0 Å². The molecular formula is C13H24N2S. The Morgan fingerprint density at radius 2 is 2.00 bits per heavy atom. The highest BCUT2D eigenvalue weighted by Crippen LogP contribution is 2.35. The van der Waals surface area contributed by atoms with E-state index in [9.17, 15) is 0 Å². The first kappa shape index (κ1) is 12.2. The molecule has 1 saturated heterocycles. The molecule has 0 aromatic heterocycles. The molecule has 92 valence electrons. The molecule has 1 unspecified atom stereocenters. The molecular weight excluding hydrogens is 216 g/mol. The number of hydrogen-bond acceptors (Lipinski definition) is 1. The Labute approximate surface area is 105 Å². The van der Waals surface area contributed by atoms with Crippen LogP contribution in [0.4, 0.5) is 0 Å². The monoisotopic (exact) mass is 240 g/mol. The minimum atomic E-state index is 0.749. The lowest BCUT2D eigenvalue weighted by molar-refractivity contribution is 0.278. The zero-order valence-corrected chi connectivity index (χ0v) is 11.2. The molecule has 0 aromatic carbocycles. The summed E-state index contributed by atoms with van der Waals surface area (Å²) in [6, 6.07) is 0.749. The van der Waals surface area contributed by atoms with Crippen LogP contribution in [0.3, 0.4) is 0 Å². The number of thiocarbonyl (C=S) groups is 1. The van der Waals surface area contributed by atoms with E-state index in [1.165, 1.54) is 45.1 Å². The first-order valence-electron chi connectivity index (χ1n) is 6.87. The number of likely N-dealkylation sites (tertiary alicyclic amines) is 1. The SMILES string of the molecule is CCCNC(=S)N1CCCC1C1CCCC1. The second-order valence-corrected chi connectivity index (χ2v) is 5.57. The smallest absolute Gasteiger partial charge is 0.169 e. The second kappa shape index (κ2) is 5.85. The molecule has 1 aliphatic carbocycles. The number of nitrogens with one attached hydrogen (secondary N) is 1. The van der Waals surface area contributed by atoms with E-state index in [0.717, 1.165) is 30.0 Å². The van der Waals surface area contributed by atoms with Crippen LogP contribution in [-0.2, 0) is 0 Å². The first-order chi connectivity index (χ1) is 7.83. The fourth-order valence-electron chi connectivity index (χ4n) is 3.21. The van der Waals surface area contributed by atoms with E-state index >= 15 is 0 Å². The first-order valence-corrected chi connectivity index (χ1v) is 7.28. The molecule has 0 amide bonds. The van der Waals surface area contributed by atoms with E-state index < -0.39 is 0 Å². The molecule has 0 bridgehead atoms. The van der Waals surface area contributed by atoms with Crippen LogP contribution in [-0.4, -0.2) is 29.1 Å². The molecule has 2 fully saturated rings. The van der Waals surface area contributed by atoms with Crippen LogP contribution >= 0.6 is 12.2 Å². The lowest BCUT2D eigenvalue weighted by Gasteiger charge is -2.31. The van der Waals surface area contributed by atoms with Gasteiger partial charge < -0.3 is 10.2 Å². The number of rotatable bonds is 3. The largest absolute Gasteiger partial charge is 0.363 e. The number of nitrogens with zero attached hydrogens (tertiary/aromatic N) is 1. The van der Waals surface area contributed by atoms with Crippen LogP contribution in [0.2, 0.25) is 0 Å². The minimum absolute atomic E-state index is 0.749. The minimum Gasteiger partial charge on any atom is -0.363 e. The third-order valence-electron chi connectivity index (χ3n) is 4.03. The quantitative estimate of drug-likeness (QED) is 0.764. The molecule has 0 aromatic rings. The van der Waals surface area contributed by atoms with Gasteiger partial charge in [-0.05, 0) is 50.2 Å². The maximum atomic E-state index is 5.51. The maximum Gasteiger partial charge on any atom is 0.169 e. The molecule has 16 heavy (non-hydrogen) atoms. The van der Waals surface area contributed by atoms with Crippen molar-refractivity contribution in [3.05, 3.63) is 0 Å². The zero-order chi connectivity index (χ0) is 11.4. The highest BCUT2D eigenvalue weighted by molar-refractivity contribution is 7.80. The normalized spacial score (nSPS) is 26.3. The summed E-state index contributed by atoms with van der Waals surface area (Å²) in [5, 5.41) is 4.40. The zero-order valence-electron chi connectivity index (χ0n) is 10.4. The van der Waals surface area contributed by atoms with Crippen molar-refractivity contribution in [2.24, 2.45) is 5.92 Å². The molecule has 1 saturated carbocycles. The van der Waals surface area contributed by atoms with Gasteiger partial charge >= 0.3 is 0 Å². The topological polar surface area (TPSA) is 15.3 Å². The van der Waals surface area contributed by atoms with E-state index in [1.807, 2.05) is 0 Å². The molecule has 1 heterocycles. The Hall–Kier alpha value is -0.310. The average Bonchev–Trinajstić information content (AvgIpc) is 2.94. The lowest BCUT2D eigenvalue weighted by atomic mass is 9.96. The van der Waals surface area contributed by atoms with Crippen LogP contribution in [0.5, 0.6) is 0 Å². The van der Waals surface area contributed by atoms with Crippen LogP contribution in [0, 0.1) is 5.92 Å². The van der Waals surface area contributed by atoms with Gasteiger partial charge in [-0.2, -0.15) is 0 Å². The Balaban J connectivity index is 1.89. The van der Waals surface area contributed by atoms with Gasteiger partial charge in [0.2, 0.25) is 0 Å². The molecule has 2 aliphatic rings. The average molecular weight is 240 g/mol. The van der Waals surface area contributed by atoms with Crippen molar-refractivity contribution in [3.63, 3.8) is 0 Å². The number of hydrogen-bond donors (Lipinski definition) is 1. The summed E-state index contributed by atoms with van der Waals surface area (Å²) in [5.74, 6) is 0.920. The summed E-state index contributed by atoms with van der Waals surface area (Å²) in [7, 11) is 0. The summed E-state index contributed by atoms with van der Waals surface area (Å²) in [6.07, 6.45) is 9.57. The van der Waals surface area contributed by atoms with Crippen molar-refractivity contribution < 1.29 is 0 Å². The molecule has 0 radical (unpaired) electrons. The second-order valence-electron chi connectivity index (χ2n) is 5.18. The van der Waals surface area contributed by atoms with Gasteiger partial charge in [0, 0.05) is 19.1 Å². The highest BCUT2D eigenvalue weighted by atomic mass is 32.1. The van der Waals surface area contributed by atoms with Gasteiger partial charge in [0.15, 0.2) is 5.11 Å². The fraction of sp³-hybridized carbons (Fsp3) is 0.923. The standard InChI is InChI=1S/C13H24N2S/c1-2-9-14-13(16)15-10-5-8-12(15)11-6-3-4-7-11/h11-12H,2-10H2,1H3,(H,14,16). The molecule has 3 heteroatoms. The van der Waals surface area contributed by atoms with Gasteiger partial charge in [0.1, 0.15) is 0 Å². The van der Waals surface area contributed by atoms with Crippen LogP contribution in [0.1, 0.15) is 51.9 Å². The van der Waals surface area contributed by atoms with Crippen molar-refractivity contribution in [2.45, 2.75) is 57.9 Å². The summed E-state index contributed by atoms with van der Waals surface area (Å²) in [4.78, 5) is 2.47. The highest BCUT2D eigenvalue weighted by Gasteiger charge is 2.34. The van der Waals surface area contributed by atoms with E-state index in [1.54, 1.807) is 0 Å². The van der Waals surface area contributed by atoms with Crippen LogP contribution in [0.25, 0.3) is 0 Å². The van der Waals surface area contributed by atoms with Crippen molar-refractivity contribution in [1.82, 2.24) is 10.2 Å². The van der Waals surface area contributed by atoms with Gasteiger partial charge in [-0.15, -0.1) is 0 Å². The van der Waals surface area contributed by atoms with Crippen LogP contribution in [0.15, 0.2) is 0 Å². The van der Waals surface area contributed by atoms with Gasteiger partial charge in [0.05, 0.1) is 0 Å². The van der Waals surface area contributed by atoms with Gasteiger partial charge in [-0.1, -0.05) is 19.8 Å². The van der Waals surface area contributed by atoms with Crippen molar-refractivity contribution in [2.75, 3.05) is 13.1 Å². The predicted octanol–water partition coefficient (Wildman–Crippen LogP) is 2.93. The van der Waals surface area contributed by atoms with Crippen molar-refractivity contribution >= 4 is 17.3 Å². The predicted molar refractivity (Wildman–Crippen MR) is 72.6 cm³/mol. The molecule has 1 aliphatic heterocycles. The van der Waals surface area contributed by atoms with Crippen LogP contribution < -0.4 is 5.32 Å². The lowest BCUT2D eigenvalue weighted by Crippen LogP contribution is -2.45. The van der Waals surface area contributed by atoms with E-state index in [-0.39, 0.29) is 0 Å². The third-order valence-corrected chi connectivity index (χ3v) is 4.41.